The number of Topliss-reactive ketones (excluding diaryl/α,β-unsaturated/α-hetero) is 1. The molecule has 2 nitrogen and oxygen atoms in total. The van der Waals surface area contributed by atoms with Gasteiger partial charge in [-0.25, -0.2) is 0 Å². The molecule has 1 unspecified atom stereocenters. The van der Waals surface area contributed by atoms with Crippen molar-refractivity contribution in [1.29, 1.82) is 0 Å². The molecule has 0 radical (unpaired) electrons. The molecule has 3 atom stereocenters. The van der Waals surface area contributed by atoms with E-state index in [1.54, 1.807) is 0 Å². The van der Waals surface area contributed by atoms with Crippen molar-refractivity contribution < 1.29 is 9.90 Å². The lowest BCUT2D eigenvalue weighted by Crippen LogP contribution is -2.41. The summed E-state index contributed by atoms with van der Waals surface area (Å²) < 4.78 is 0. The van der Waals surface area contributed by atoms with Gasteiger partial charge in [0.15, 0.2) is 0 Å². The second-order valence-electron chi connectivity index (χ2n) is 3.78. The fourth-order valence-corrected chi connectivity index (χ4v) is 2.41. The van der Waals surface area contributed by atoms with Crippen LogP contribution in [0.15, 0.2) is 0 Å². The van der Waals surface area contributed by atoms with Crippen molar-refractivity contribution in [2.45, 2.75) is 38.2 Å². The van der Waals surface area contributed by atoms with Gasteiger partial charge in [-0.3, -0.25) is 4.79 Å². The molecule has 11 heavy (non-hydrogen) atoms. The second kappa shape index (κ2) is 2.59. The number of carbonyl (C=O) groups is 1. The summed E-state index contributed by atoms with van der Waals surface area (Å²) in [7, 11) is 0. The minimum Gasteiger partial charge on any atom is -0.392 e. The zero-order valence-electron chi connectivity index (χ0n) is 6.62. The highest BCUT2D eigenvalue weighted by Crippen LogP contribution is 2.36. The highest BCUT2D eigenvalue weighted by molar-refractivity contribution is 5.85. The summed E-state index contributed by atoms with van der Waals surface area (Å²) in [4.78, 5) is 11.5. The molecule has 2 fully saturated rings. The van der Waals surface area contributed by atoms with E-state index < -0.39 is 0 Å². The molecule has 2 aliphatic carbocycles. The van der Waals surface area contributed by atoms with Crippen molar-refractivity contribution in [2.24, 2.45) is 11.8 Å². The topological polar surface area (TPSA) is 37.3 Å². The Hall–Kier alpha value is -0.370. The van der Waals surface area contributed by atoms with Gasteiger partial charge in [0.25, 0.3) is 0 Å². The highest BCUT2D eigenvalue weighted by atomic mass is 16.3. The van der Waals surface area contributed by atoms with Gasteiger partial charge in [0, 0.05) is 11.8 Å². The molecule has 0 aromatic heterocycles. The number of hydrogen-bond acceptors (Lipinski definition) is 2. The maximum atomic E-state index is 11.5. The average molecular weight is 154 g/mol. The third kappa shape index (κ3) is 1.09. The molecule has 0 heterocycles. The summed E-state index contributed by atoms with van der Waals surface area (Å²) in [5.74, 6) is 0.648. The quantitative estimate of drug-likeness (QED) is 0.568. The number of fused-ring (bicyclic) bond motifs is 2. The first kappa shape index (κ1) is 7.29. The zero-order chi connectivity index (χ0) is 7.84. The van der Waals surface area contributed by atoms with E-state index in [2.05, 4.69) is 0 Å². The van der Waals surface area contributed by atoms with Crippen LogP contribution in [0.3, 0.4) is 0 Å². The maximum Gasteiger partial charge on any atom is 0.141 e. The molecule has 62 valence electrons. The third-order valence-electron chi connectivity index (χ3n) is 3.11. The molecule has 0 aliphatic heterocycles. The predicted molar refractivity (Wildman–Crippen MR) is 41.1 cm³/mol. The van der Waals surface area contributed by atoms with Crippen molar-refractivity contribution in [2.75, 3.05) is 0 Å². The average Bonchev–Trinajstić information content (AvgIpc) is 1.98. The summed E-state index contributed by atoms with van der Waals surface area (Å²) in [5.41, 5.74) is 0. The molecule has 2 bridgehead atoms. The summed E-state index contributed by atoms with van der Waals surface area (Å²) in [6.07, 6.45) is 4.59. The first-order valence-corrected chi connectivity index (χ1v) is 4.51. The number of aliphatic hydroxyl groups is 1. The van der Waals surface area contributed by atoms with Crippen molar-refractivity contribution >= 4 is 5.78 Å². The Morgan fingerprint density at radius 1 is 1.18 bits per heavy atom. The molecular weight excluding hydrogens is 140 g/mol. The van der Waals surface area contributed by atoms with E-state index in [0.717, 1.165) is 32.1 Å². The van der Waals surface area contributed by atoms with Crippen LogP contribution in [0, 0.1) is 11.8 Å². The van der Waals surface area contributed by atoms with E-state index in [9.17, 15) is 9.90 Å². The Bertz CT molecular complexity index is 176. The largest absolute Gasteiger partial charge is 0.392 e. The lowest BCUT2D eigenvalue weighted by Gasteiger charge is -2.36. The molecule has 1 N–H and O–H groups in total. The van der Waals surface area contributed by atoms with Gasteiger partial charge in [-0.1, -0.05) is 6.42 Å². The third-order valence-corrected chi connectivity index (χ3v) is 3.11. The van der Waals surface area contributed by atoms with E-state index in [4.69, 9.17) is 0 Å². The van der Waals surface area contributed by atoms with Crippen molar-refractivity contribution in [3.05, 3.63) is 0 Å². The molecule has 2 heteroatoms. The zero-order valence-corrected chi connectivity index (χ0v) is 6.62. The van der Waals surface area contributed by atoms with Crippen molar-refractivity contribution in [3.8, 4) is 0 Å². The molecule has 0 spiro atoms. The highest BCUT2D eigenvalue weighted by Gasteiger charge is 2.39. The maximum absolute atomic E-state index is 11.5. The molecule has 2 saturated carbocycles. The number of aliphatic hydroxyl groups excluding tert-OH is 1. The van der Waals surface area contributed by atoms with E-state index in [-0.39, 0.29) is 12.0 Å². The normalized spacial score (nSPS) is 44.1. The van der Waals surface area contributed by atoms with Crippen LogP contribution in [0.2, 0.25) is 0 Å². The van der Waals surface area contributed by atoms with Crippen LogP contribution >= 0.6 is 0 Å². The first-order valence-electron chi connectivity index (χ1n) is 4.51. The van der Waals surface area contributed by atoms with Gasteiger partial charge in [-0.05, 0) is 25.7 Å². The van der Waals surface area contributed by atoms with Crippen LogP contribution in [-0.4, -0.2) is 17.0 Å². The van der Waals surface area contributed by atoms with Gasteiger partial charge in [-0.2, -0.15) is 0 Å². The van der Waals surface area contributed by atoms with Crippen LogP contribution in [0.5, 0.6) is 0 Å². The van der Waals surface area contributed by atoms with Crippen molar-refractivity contribution in [1.82, 2.24) is 0 Å². The van der Waals surface area contributed by atoms with E-state index in [1.807, 2.05) is 0 Å². The van der Waals surface area contributed by atoms with Crippen LogP contribution < -0.4 is 0 Å². The fourth-order valence-electron chi connectivity index (χ4n) is 2.41. The Morgan fingerprint density at radius 2 is 2.00 bits per heavy atom. The lowest BCUT2D eigenvalue weighted by atomic mass is 9.70. The van der Waals surface area contributed by atoms with Crippen molar-refractivity contribution in [3.63, 3.8) is 0 Å². The Balaban J connectivity index is 2.16. The smallest absolute Gasteiger partial charge is 0.141 e. The van der Waals surface area contributed by atoms with Crippen LogP contribution in [-0.2, 0) is 4.79 Å². The Kier molecular flexibility index (Phi) is 1.72. The van der Waals surface area contributed by atoms with E-state index in [1.165, 1.54) is 0 Å². The minimum atomic E-state index is -0.320. The van der Waals surface area contributed by atoms with Crippen LogP contribution in [0.25, 0.3) is 0 Å². The Morgan fingerprint density at radius 3 is 2.73 bits per heavy atom. The van der Waals surface area contributed by atoms with Gasteiger partial charge in [0.1, 0.15) is 5.78 Å². The molecule has 0 amide bonds. The van der Waals surface area contributed by atoms with Crippen LogP contribution in [0.4, 0.5) is 0 Å². The monoisotopic (exact) mass is 154 g/mol. The number of ketones is 1. The molecular formula is C9H14O2. The van der Waals surface area contributed by atoms with Gasteiger partial charge in [-0.15, -0.1) is 0 Å². The second-order valence-corrected chi connectivity index (χ2v) is 3.78. The number of carbonyl (C=O) groups excluding carboxylic acids is 1. The summed E-state index contributed by atoms with van der Waals surface area (Å²) in [5, 5.41) is 9.47. The van der Waals surface area contributed by atoms with Gasteiger partial charge < -0.3 is 5.11 Å². The van der Waals surface area contributed by atoms with Crippen LogP contribution in [0.1, 0.15) is 32.1 Å². The molecule has 0 aromatic rings. The molecule has 2 rings (SSSR count). The fraction of sp³-hybridized carbons (Fsp3) is 0.889. The summed E-state index contributed by atoms with van der Waals surface area (Å²) in [6.45, 7) is 0. The molecule has 0 aromatic carbocycles. The predicted octanol–water partition coefficient (Wildman–Crippen LogP) is 1.13. The van der Waals surface area contributed by atoms with Gasteiger partial charge in [0.05, 0.1) is 6.10 Å². The van der Waals surface area contributed by atoms with Gasteiger partial charge in [0.2, 0.25) is 0 Å². The minimum absolute atomic E-state index is 0.00231. The SMILES string of the molecule is O=C1[C@@H]2CCC[C@H]1C(O)CC2. The van der Waals surface area contributed by atoms with E-state index in [0.29, 0.717) is 11.7 Å². The standard InChI is InChI=1S/C9H14O2/c10-8-5-4-6-2-1-3-7(8)9(6)11/h6-8,10H,1-5H2/t6-,7+,8?/m1/s1. The molecule has 2 aliphatic rings. The Labute approximate surface area is 66.6 Å². The summed E-state index contributed by atoms with van der Waals surface area (Å²) >= 11 is 0. The first-order chi connectivity index (χ1) is 5.29. The van der Waals surface area contributed by atoms with Gasteiger partial charge >= 0.3 is 0 Å². The summed E-state index contributed by atoms with van der Waals surface area (Å²) in [6, 6.07) is 0. The van der Waals surface area contributed by atoms with E-state index >= 15 is 0 Å². The number of hydrogen-bond donors (Lipinski definition) is 1. The number of rotatable bonds is 0. The molecule has 0 saturated heterocycles. The lowest BCUT2D eigenvalue weighted by molar-refractivity contribution is -0.137.